The van der Waals surface area contributed by atoms with E-state index in [9.17, 15) is 0 Å². The lowest BCUT2D eigenvalue weighted by molar-refractivity contribution is 0.397. The first-order valence-electron chi connectivity index (χ1n) is 5.36. The molecule has 0 amide bonds. The highest BCUT2D eigenvalue weighted by Crippen LogP contribution is 2.27. The van der Waals surface area contributed by atoms with Gasteiger partial charge in [-0.05, 0) is 20.8 Å². The highest BCUT2D eigenvalue weighted by molar-refractivity contribution is 5.67. The van der Waals surface area contributed by atoms with E-state index < -0.39 is 0 Å². The summed E-state index contributed by atoms with van der Waals surface area (Å²) >= 11 is 0. The van der Waals surface area contributed by atoms with Gasteiger partial charge in [0.15, 0.2) is 5.82 Å². The summed E-state index contributed by atoms with van der Waals surface area (Å²) < 4.78 is 5.13. The molecule has 0 saturated heterocycles. The zero-order valence-corrected chi connectivity index (χ0v) is 10.6. The number of nitrogens with two attached hydrogens (primary N) is 1. The molecule has 5 heteroatoms. The van der Waals surface area contributed by atoms with Crippen LogP contribution in [0.3, 0.4) is 0 Å². The van der Waals surface area contributed by atoms with Crippen LogP contribution in [0.1, 0.15) is 33.5 Å². The number of anilines is 2. The molecule has 5 nitrogen and oxygen atoms in total. The Morgan fingerprint density at radius 2 is 1.94 bits per heavy atom. The monoisotopic (exact) mass is 224 g/mol. The van der Waals surface area contributed by atoms with Crippen molar-refractivity contribution >= 4 is 11.5 Å². The minimum absolute atomic E-state index is 0.0987. The predicted octanol–water partition coefficient (Wildman–Crippen LogP) is 1.84. The van der Waals surface area contributed by atoms with Crippen molar-refractivity contribution in [1.29, 1.82) is 0 Å². The summed E-state index contributed by atoms with van der Waals surface area (Å²) in [6.45, 7) is 8.14. The van der Waals surface area contributed by atoms with Crippen LogP contribution < -0.4 is 15.8 Å². The maximum absolute atomic E-state index is 5.91. The fourth-order valence-electron chi connectivity index (χ4n) is 1.26. The van der Waals surface area contributed by atoms with E-state index in [1.807, 2.05) is 27.7 Å². The first kappa shape index (κ1) is 12.5. The van der Waals surface area contributed by atoms with E-state index in [1.165, 1.54) is 0 Å². The van der Waals surface area contributed by atoms with Crippen LogP contribution in [0.2, 0.25) is 0 Å². The summed E-state index contributed by atoms with van der Waals surface area (Å²) in [5.74, 6) is 1.78. The van der Waals surface area contributed by atoms with Crippen LogP contribution in [0.5, 0.6) is 5.88 Å². The van der Waals surface area contributed by atoms with E-state index in [0.29, 0.717) is 17.4 Å². The largest absolute Gasteiger partial charge is 0.479 e. The molecule has 1 aromatic heterocycles. The third kappa shape index (κ3) is 2.98. The van der Waals surface area contributed by atoms with E-state index >= 15 is 0 Å². The molecule has 0 aliphatic carbocycles. The summed E-state index contributed by atoms with van der Waals surface area (Å²) in [6, 6.07) is 0. The molecule has 0 spiro atoms. The van der Waals surface area contributed by atoms with Crippen molar-refractivity contribution in [2.24, 2.45) is 0 Å². The van der Waals surface area contributed by atoms with Gasteiger partial charge in [-0.2, -0.15) is 4.98 Å². The van der Waals surface area contributed by atoms with Crippen LogP contribution >= 0.6 is 0 Å². The SMILES string of the molecule is CCc1nc(NC(C)(C)C)c(N)c(OC)n1. The van der Waals surface area contributed by atoms with Crippen molar-refractivity contribution in [1.82, 2.24) is 9.97 Å². The summed E-state index contributed by atoms with van der Waals surface area (Å²) in [7, 11) is 1.55. The lowest BCUT2D eigenvalue weighted by Crippen LogP contribution is -2.27. The topological polar surface area (TPSA) is 73.1 Å². The van der Waals surface area contributed by atoms with E-state index in [2.05, 4.69) is 15.3 Å². The molecular weight excluding hydrogens is 204 g/mol. The van der Waals surface area contributed by atoms with E-state index in [1.54, 1.807) is 7.11 Å². The number of nitrogens with zero attached hydrogens (tertiary/aromatic N) is 2. The van der Waals surface area contributed by atoms with Crippen molar-refractivity contribution in [3.8, 4) is 5.88 Å². The highest BCUT2D eigenvalue weighted by atomic mass is 16.5. The van der Waals surface area contributed by atoms with Gasteiger partial charge in [-0.1, -0.05) is 6.92 Å². The van der Waals surface area contributed by atoms with Gasteiger partial charge in [-0.25, -0.2) is 4.98 Å². The number of aryl methyl sites for hydroxylation is 1. The first-order valence-corrected chi connectivity index (χ1v) is 5.36. The fraction of sp³-hybridized carbons (Fsp3) is 0.636. The van der Waals surface area contributed by atoms with E-state index in [-0.39, 0.29) is 5.54 Å². The van der Waals surface area contributed by atoms with Gasteiger partial charge in [0.1, 0.15) is 11.5 Å². The number of nitrogen functional groups attached to an aromatic ring is 1. The molecule has 0 aliphatic rings. The van der Waals surface area contributed by atoms with Gasteiger partial charge in [-0.15, -0.1) is 0 Å². The van der Waals surface area contributed by atoms with Crippen molar-refractivity contribution in [3.05, 3.63) is 5.82 Å². The summed E-state index contributed by atoms with van der Waals surface area (Å²) in [4.78, 5) is 8.56. The van der Waals surface area contributed by atoms with Crippen molar-refractivity contribution in [2.45, 2.75) is 39.7 Å². The third-order valence-electron chi connectivity index (χ3n) is 1.96. The molecule has 0 bridgehead atoms. The molecule has 1 heterocycles. The van der Waals surface area contributed by atoms with Gasteiger partial charge >= 0.3 is 0 Å². The third-order valence-corrected chi connectivity index (χ3v) is 1.96. The van der Waals surface area contributed by atoms with Gasteiger partial charge in [0.2, 0.25) is 5.88 Å². The lowest BCUT2D eigenvalue weighted by Gasteiger charge is -2.23. The standard InChI is InChI=1S/C11H20N4O/c1-6-7-13-9(15-11(2,3)4)8(12)10(14-7)16-5/h6,12H2,1-5H3,(H,13,14,15). The molecule has 0 unspecified atom stereocenters. The number of aromatic nitrogens is 2. The van der Waals surface area contributed by atoms with Gasteiger partial charge in [0.05, 0.1) is 7.11 Å². The zero-order chi connectivity index (χ0) is 12.3. The summed E-state index contributed by atoms with van der Waals surface area (Å²) in [6.07, 6.45) is 0.745. The Morgan fingerprint density at radius 3 is 2.38 bits per heavy atom. The fourth-order valence-corrected chi connectivity index (χ4v) is 1.26. The second-order valence-electron chi connectivity index (χ2n) is 4.64. The minimum Gasteiger partial charge on any atom is -0.479 e. The van der Waals surface area contributed by atoms with Crippen LogP contribution in [0.25, 0.3) is 0 Å². The Bertz CT molecular complexity index is 371. The average molecular weight is 224 g/mol. The normalized spacial score (nSPS) is 11.3. The first-order chi connectivity index (χ1) is 7.37. The molecule has 0 aliphatic heterocycles. The van der Waals surface area contributed by atoms with Gasteiger partial charge in [0, 0.05) is 12.0 Å². The molecule has 0 aromatic carbocycles. The van der Waals surface area contributed by atoms with Crippen molar-refractivity contribution < 1.29 is 4.74 Å². The second kappa shape index (κ2) is 4.55. The molecule has 0 radical (unpaired) electrons. The Morgan fingerprint density at radius 1 is 1.31 bits per heavy atom. The van der Waals surface area contributed by atoms with Crippen molar-refractivity contribution in [3.63, 3.8) is 0 Å². The maximum Gasteiger partial charge on any atom is 0.242 e. The number of hydrogen-bond acceptors (Lipinski definition) is 5. The van der Waals surface area contributed by atoms with Gasteiger partial charge in [-0.3, -0.25) is 0 Å². The Kier molecular flexibility index (Phi) is 3.57. The molecule has 0 fully saturated rings. The Hall–Kier alpha value is -1.52. The number of hydrogen-bond donors (Lipinski definition) is 2. The summed E-state index contributed by atoms with van der Waals surface area (Å²) in [5, 5.41) is 3.24. The molecule has 16 heavy (non-hydrogen) atoms. The van der Waals surface area contributed by atoms with Crippen LogP contribution in [0, 0.1) is 0 Å². The minimum atomic E-state index is -0.0987. The van der Waals surface area contributed by atoms with Crippen LogP contribution in [-0.4, -0.2) is 22.6 Å². The number of nitrogens with one attached hydrogen (secondary N) is 1. The molecule has 1 rings (SSSR count). The van der Waals surface area contributed by atoms with Crippen LogP contribution in [-0.2, 0) is 6.42 Å². The number of rotatable bonds is 3. The number of ether oxygens (including phenoxy) is 1. The lowest BCUT2D eigenvalue weighted by atomic mass is 10.1. The molecule has 0 atom stereocenters. The predicted molar refractivity (Wildman–Crippen MR) is 65.8 cm³/mol. The average Bonchev–Trinajstić information content (AvgIpc) is 2.19. The van der Waals surface area contributed by atoms with Crippen molar-refractivity contribution in [2.75, 3.05) is 18.2 Å². The molecule has 3 N–H and O–H groups in total. The highest BCUT2D eigenvalue weighted by Gasteiger charge is 2.16. The quantitative estimate of drug-likeness (QED) is 0.819. The summed E-state index contributed by atoms with van der Waals surface area (Å²) in [5.41, 5.74) is 6.27. The maximum atomic E-state index is 5.91. The Labute approximate surface area is 96.4 Å². The zero-order valence-electron chi connectivity index (χ0n) is 10.6. The second-order valence-corrected chi connectivity index (χ2v) is 4.64. The van der Waals surface area contributed by atoms with Gasteiger partial charge in [0.25, 0.3) is 0 Å². The van der Waals surface area contributed by atoms with Crippen LogP contribution in [0.15, 0.2) is 0 Å². The molecule has 0 saturated carbocycles. The molecular formula is C11H20N4O. The van der Waals surface area contributed by atoms with E-state index in [0.717, 1.165) is 12.2 Å². The van der Waals surface area contributed by atoms with Gasteiger partial charge < -0.3 is 15.8 Å². The molecule has 90 valence electrons. The smallest absolute Gasteiger partial charge is 0.242 e. The van der Waals surface area contributed by atoms with E-state index in [4.69, 9.17) is 10.5 Å². The van der Waals surface area contributed by atoms with Crippen LogP contribution in [0.4, 0.5) is 11.5 Å². The number of methoxy groups -OCH3 is 1. The Balaban J connectivity index is 3.16. The molecule has 1 aromatic rings.